The largest absolute Gasteiger partial charge is 0.481 e. The molecule has 0 aliphatic carbocycles. The van der Waals surface area contributed by atoms with Crippen molar-refractivity contribution >= 4 is 5.97 Å². The van der Waals surface area contributed by atoms with Crippen molar-refractivity contribution in [3.8, 4) is 0 Å². The summed E-state index contributed by atoms with van der Waals surface area (Å²) < 4.78 is 0. The van der Waals surface area contributed by atoms with Gasteiger partial charge >= 0.3 is 5.97 Å². The number of hydrogen-bond acceptors (Lipinski definition) is 5. The van der Waals surface area contributed by atoms with Crippen LogP contribution >= 0.6 is 0 Å². The smallest absolute Gasteiger partial charge is 0.303 e. The van der Waals surface area contributed by atoms with Crippen molar-refractivity contribution in [2.45, 2.75) is 38.5 Å². The molecule has 1 aromatic heterocycles. The molecule has 2 heterocycles. The van der Waals surface area contributed by atoms with Crippen molar-refractivity contribution in [1.82, 2.24) is 14.9 Å². The second-order valence-electron chi connectivity index (χ2n) is 5.56. The number of carboxylic acid groups (broad SMARTS) is 1. The van der Waals surface area contributed by atoms with E-state index in [0.717, 1.165) is 43.9 Å². The number of aryl methyl sites for hydroxylation is 2. The fourth-order valence-electron chi connectivity index (χ4n) is 2.82. The molecule has 1 fully saturated rings. The lowest BCUT2D eigenvalue weighted by molar-refractivity contribution is -0.136. The van der Waals surface area contributed by atoms with Gasteiger partial charge in [0.25, 0.3) is 0 Å². The first-order chi connectivity index (χ1) is 10.1. The highest BCUT2D eigenvalue weighted by Crippen LogP contribution is 2.27. The number of aliphatic hydroxyl groups is 1. The summed E-state index contributed by atoms with van der Waals surface area (Å²) >= 11 is 0. The van der Waals surface area contributed by atoms with E-state index >= 15 is 0 Å². The summed E-state index contributed by atoms with van der Waals surface area (Å²) in [6, 6.07) is 1.96. The molecule has 0 spiro atoms. The Morgan fingerprint density at radius 2 is 2.10 bits per heavy atom. The zero-order chi connectivity index (χ0) is 15.2. The van der Waals surface area contributed by atoms with Gasteiger partial charge in [0.2, 0.25) is 0 Å². The van der Waals surface area contributed by atoms with Crippen molar-refractivity contribution in [1.29, 1.82) is 0 Å². The van der Waals surface area contributed by atoms with Crippen LogP contribution in [0, 0.1) is 6.92 Å². The second-order valence-corrected chi connectivity index (χ2v) is 5.56. The number of aliphatic hydroxyl groups excluding tert-OH is 1. The summed E-state index contributed by atoms with van der Waals surface area (Å²) in [6.07, 6.45) is 2.60. The Morgan fingerprint density at radius 1 is 1.38 bits per heavy atom. The minimum absolute atomic E-state index is 0.102. The second kappa shape index (κ2) is 7.47. The standard InChI is InChI=1S/C15H23N3O3/c1-11-16-13(2-3-15(20)21)10-14(17-11)12-4-6-18(7-5-12)8-9-19/h10,12,19H,2-9H2,1H3,(H,20,21). The molecule has 0 aromatic carbocycles. The maximum atomic E-state index is 10.7. The number of aromatic nitrogens is 2. The van der Waals surface area contributed by atoms with Crippen molar-refractivity contribution in [3.63, 3.8) is 0 Å². The summed E-state index contributed by atoms with van der Waals surface area (Å²) in [4.78, 5) is 21.8. The van der Waals surface area contributed by atoms with E-state index in [-0.39, 0.29) is 13.0 Å². The number of hydrogen-bond donors (Lipinski definition) is 2. The molecule has 0 amide bonds. The lowest BCUT2D eigenvalue weighted by Crippen LogP contribution is -2.35. The molecule has 2 N–H and O–H groups in total. The van der Waals surface area contributed by atoms with Gasteiger partial charge in [0.15, 0.2) is 0 Å². The van der Waals surface area contributed by atoms with Crippen LogP contribution < -0.4 is 0 Å². The highest BCUT2D eigenvalue weighted by molar-refractivity contribution is 5.66. The monoisotopic (exact) mass is 293 g/mol. The van der Waals surface area contributed by atoms with E-state index in [1.165, 1.54) is 0 Å². The third-order valence-electron chi connectivity index (χ3n) is 3.93. The number of rotatable bonds is 6. The molecule has 6 heteroatoms. The Kier molecular flexibility index (Phi) is 5.64. The Bertz CT molecular complexity index is 485. The van der Waals surface area contributed by atoms with Crippen molar-refractivity contribution in [2.75, 3.05) is 26.2 Å². The van der Waals surface area contributed by atoms with Crippen LogP contribution in [0.5, 0.6) is 0 Å². The van der Waals surface area contributed by atoms with E-state index < -0.39 is 5.97 Å². The summed E-state index contributed by atoms with van der Waals surface area (Å²) in [5.41, 5.74) is 1.85. The van der Waals surface area contributed by atoms with Crippen LogP contribution in [-0.4, -0.2) is 57.3 Å². The summed E-state index contributed by atoms with van der Waals surface area (Å²) in [5.74, 6) is 0.320. The van der Waals surface area contributed by atoms with E-state index in [0.29, 0.717) is 18.2 Å². The highest BCUT2D eigenvalue weighted by Gasteiger charge is 2.22. The number of carboxylic acids is 1. The maximum Gasteiger partial charge on any atom is 0.303 e. The maximum absolute atomic E-state index is 10.7. The Balaban J connectivity index is 2.01. The van der Waals surface area contributed by atoms with E-state index in [9.17, 15) is 4.79 Å². The lowest BCUT2D eigenvalue weighted by Gasteiger charge is -2.31. The summed E-state index contributed by atoms with van der Waals surface area (Å²) in [5, 5.41) is 17.7. The summed E-state index contributed by atoms with van der Waals surface area (Å²) in [7, 11) is 0. The third-order valence-corrected chi connectivity index (χ3v) is 3.93. The van der Waals surface area contributed by atoms with Gasteiger partial charge < -0.3 is 15.1 Å². The Labute approximate surface area is 124 Å². The number of likely N-dealkylation sites (tertiary alicyclic amines) is 1. The van der Waals surface area contributed by atoms with Crippen LogP contribution in [0.15, 0.2) is 6.07 Å². The minimum Gasteiger partial charge on any atom is -0.481 e. The number of β-amino-alcohol motifs (C(OH)–C–C–N with tert-alkyl or cyclic N) is 1. The van der Waals surface area contributed by atoms with Crippen LogP contribution in [0.25, 0.3) is 0 Å². The normalized spacial score (nSPS) is 17.0. The zero-order valence-corrected chi connectivity index (χ0v) is 12.5. The lowest BCUT2D eigenvalue weighted by atomic mass is 9.92. The summed E-state index contributed by atoms with van der Waals surface area (Å²) in [6.45, 7) is 4.74. The third kappa shape index (κ3) is 4.75. The first kappa shape index (κ1) is 15.9. The molecule has 1 aliphatic heterocycles. The fourth-order valence-corrected chi connectivity index (χ4v) is 2.82. The highest BCUT2D eigenvalue weighted by atomic mass is 16.4. The topological polar surface area (TPSA) is 86.5 Å². The molecule has 0 saturated carbocycles. The molecule has 6 nitrogen and oxygen atoms in total. The Hall–Kier alpha value is -1.53. The molecular formula is C15H23N3O3. The van der Waals surface area contributed by atoms with Crippen LogP contribution in [-0.2, 0) is 11.2 Å². The molecule has 21 heavy (non-hydrogen) atoms. The molecule has 0 bridgehead atoms. The minimum atomic E-state index is -0.801. The molecule has 0 radical (unpaired) electrons. The molecule has 1 aliphatic rings. The van der Waals surface area contributed by atoms with Gasteiger partial charge in [-0.05, 0) is 38.9 Å². The molecule has 1 aromatic rings. The van der Waals surface area contributed by atoms with E-state index in [1.54, 1.807) is 0 Å². The van der Waals surface area contributed by atoms with E-state index in [4.69, 9.17) is 10.2 Å². The zero-order valence-electron chi connectivity index (χ0n) is 12.5. The quantitative estimate of drug-likeness (QED) is 0.813. The van der Waals surface area contributed by atoms with Crippen molar-refractivity contribution < 1.29 is 15.0 Å². The molecule has 116 valence electrons. The number of piperidine rings is 1. The fraction of sp³-hybridized carbons (Fsp3) is 0.667. The van der Waals surface area contributed by atoms with Crippen LogP contribution in [0.1, 0.15) is 42.4 Å². The van der Waals surface area contributed by atoms with Gasteiger partial charge in [-0.1, -0.05) is 0 Å². The number of nitrogens with zero attached hydrogens (tertiary/aromatic N) is 3. The average Bonchev–Trinajstić information content (AvgIpc) is 2.46. The van der Waals surface area contributed by atoms with Gasteiger partial charge in [-0.25, -0.2) is 9.97 Å². The van der Waals surface area contributed by atoms with Crippen molar-refractivity contribution in [3.05, 3.63) is 23.3 Å². The van der Waals surface area contributed by atoms with Gasteiger partial charge in [0, 0.05) is 30.3 Å². The van der Waals surface area contributed by atoms with E-state index in [2.05, 4.69) is 14.9 Å². The van der Waals surface area contributed by atoms with Gasteiger partial charge in [0.05, 0.1) is 13.0 Å². The molecule has 0 unspecified atom stereocenters. The first-order valence-corrected chi connectivity index (χ1v) is 7.48. The number of aliphatic carboxylic acids is 1. The van der Waals surface area contributed by atoms with Crippen LogP contribution in [0.4, 0.5) is 0 Å². The predicted octanol–water partition coefficient (Wildman–Crippen LogP) is 0.974. The SMILES string of the molecule is Cc1nc(CCC(=O)O)cc(C2CCN(CCO)CC2)n1. The van der Waals surface area contributed by atoms with Crippen LogP contribution in [0.2, 0.25) is 0 Å². The molecule has 2 rings (SSSR count). The van der Waals surface area contributed by atoms with Gasteiger partial charge in [-0.15, -0.1) is 0 Å². The van der Waals surface area contributed by atoms with Crippen LogP contribution in [0.3, 0.4) is 0 Å². The Morgan fingerprint density at radius 3 is 2.71 bits per heavy atom. The number of carbonyl (C=O) groups is 1. The molecular weight excluding hydrogens is 270 g/mol. The van der Waals surface area contributed by atoms with Gasteiger partial charge in [-0.3, -0.25) is 4.79 Å². The average molecular weight is 293 g/mol. The van der Waals surface area contributed by atoms with Gasteiger partial charge in [-0.2, -0.15) is 0 Å². The van der Waals surface area contributed by atoms with Gasteiger partial charge in [0.1, 0.15) is 5.82 Å². The first-order valence-electron chi connectivity index (χ1n) is 7.48. The molecule has 0 atom stereocenters. The molecule has 1 saturated heterocycles. The predicted molar refractivity (Wildman–Crippen MR) is 78.2 cm³/mol. The van der Waals surface area contributed by atoms with E-state index in [1.807, 2.05) is 13.0 Å². The van der Waals surface area contributed by atoms with Crippen molar-refractivity contribution in [2.24, 2.45) is 0 Å².